The molecule has 1 rings (SSSR count). The number of aromatic nitrogens is 1. The normalized spacial score (nSPS) is 10.1. The molecule has 0 bridgehead atoms. The maximum absolute atomic E-state index is 11.8. The Morgan fingerprint density at radius 1 is 1.53 bits per heavy atom. The molecule has 0 saturated heterocycles. The summed E-state index contributed by atoms with van der Waals surface area (Å²) in [5, 5.41) is 5.97. The highest BCUT2D eigenvalue weighted by Crippen LogP contribution is 2.12. The van der Waals surface area contributed by atoms with Gasteiger partial charge >= 0.3 is 0 Å². The zero-order chi connectivity index (χ0) is 11.3. The molecular formula is C11H17N3O. The topological polar surface area (TPSA) is 54.0 Å². The molecule has 82 valence electrons. The number of nitrogens with one attached hydrogen (secondary N) is 2. The van der Waals surface area contributed by atoms with E-state index in [1.807, 2.05) is 20.8 Å². The number of nitrogens with zero attached hydrogens (tertiary/aromatic N) is 1. The van der Waals surface area contributed by atoms with Crippen molar-refractivity contribution in [3.05, 3.63) is 24.0 Å². The van der Waals surface area contributed by atoms with Crippen LogP contribution in [0.4, 0.5) is 5.69 Å². The van der Waals surface area contributed by atoms with Crippen LogP contribution in [-0.2, 0) is 0 Å². The number of anilines is 1. The lowest BCUT2D eigenvalue weighted by atomic mass is 10.2. The smallest absolute Gasteiger partial charge is 0.255 e. The summed E-state index contributed by atoms with van der Waals surface area (Å²) in [4.78, 5) is 15.7. The van der Waals surface area contributed by atoms with Crippen molar-refractivity contribution in [1.82, 2.24) is 10.3 Å². The Bertz CT molecular complexity index is 336. The van der Waals surface area contributed by atoms with Crippen LogP contribution in [0, 0.1) is 0 Å². The minimum atomic E-state index is -0.0888. The van der Waals surface area contributed by atoms with Crippen LogP contribution >= 0.6 is 0 Å². The Morgan fingerprint density at radius 3 is 2.87 bits per heavy atom. The van der Waals surface area contributed by atoms with Crippen LogP contribution in [0.5, 0.6) is 0 Å². The van der Waals surface area contributed by atoms with Crippen LogP contribution in [0.25, 0.3) is 0 Å². The van der Waals surface area contributed by atoms with E-state index in [4.69, 9.17) is 0 Å². The second-order valence-corrected chi connectivity index (χ2v) is 3.58. The molecule has 4 heteroatoms. The van der Waals surface area contributed by atoms with Gasteiger partial charge in [0.25, 0.3) is 5.91 Å². The first-order chi connectivity index (χ1) is 7.15. The predicted molar refractivity (Wildman–Crippen MR) is 61.0 cm³/mol. The number of rotatable bonds is 4. The van der Waals surface area contributed by atoms with Crippen LogP contribution in [-0.4, -0.2) is 23.5 Å². The van der Waals surface area contributed by atoms with Gasteiger partial charge < -0.3 is 10.6 Å². The maximum Gasteiger partial charge on any atom is 0.255 e. The molecule has 0 aromatic carbocycles. The number of pyridine rings is 1. The number of hydrogen-bond donors (Lipinski definition) is 2. The van der Waals surface area contributed by atoms with Gasteiger partial charge in [-0.05, 0) is 26.8 Å². The summed E-state index contributed by atoms with van der Waals surface area (Å²) >= 11 is 0. The second-order valence-electron chi connectivity index (χ2n) is 3.58. The fourth-order valence-corrected chi connectivity index (χ4v) is 1.26. The largest absolute Gasteiger partial charge is 0.385 e. The predicted octanol–water partition coefficient (Wildman–Crippen LogP) is 1.65. The van der Waals surface area contributed by atoms with Gasteiger partial charge in [-0.15, -0.1) is 0 Å². The summed E-state index contributed by atoms with van der Waals surface area (Å²) in [6, 6.07) is 1.94. The molecule has 15 heavy (non-hydrogen) atoms. The third-order valence-electron chi connectivity index (χ3n) is 1.85. The molecule has 0 aliphatic rings. The van der Waals surface area contributed by atoms with Crippen molar-refractivity contribution < 1.29 is 4.79 Å². The highest BCUT2D eigenvalue weighted by molar-refractivity contribution is 5.99. The quantitative estimate of drug-likeness (QED) is 0.789. The molecule has 0 saturated carbocycles. The first-order valence-corrected chi connectivity index (χ1v) is 5.14. The van der Waals surface area contributed by atoms with Crippen LogP contribution in [0.3, 0.4) is 0 Å². The van der Waals surface area contributed by atoms with E-state index >= 15 is 0 Å². The summed E-state index contributed by atoms with van der Waals surface area (Å²) in [6.07, 6.45) is 3.25. The van der Waals surface area contributed by atoms with E-state index in [1.54, 1.807) is 18.5 Å². The van der Waals surface area contributed by atoms with Gasteiger partial charge in [-0.3, -0.25) is 9.78 Å². The molecule has 0 atom stereocenters. The van der Waals surface area contributed by atoms with Crippen molar-refractivity contribution >= 4 is 11.6 Å². The zero-order valence-corrected chi connectivity index (χ0v) is 9.37. The van der Waals surface area contributed by atoms with Crippen LogP contribution in [0.15, 0.2) is 18.5 Å². The van der Waals surface area contributed by atoms with Crippen LogP contribution in [0.1, 0.15) is 31.1 Å². The van der Waals surface area contributed by atoms with E-state index in [2.05, 4.69) is 15.6 Å². The molecule has 2 N–H and O–H groups in total. The number of carbonyl (C=O) groups excluding carboxylic acids is 1. The highest BCUT2D eigenvalue weighted by atomic mass is 16.1. The molecule has 0 unspecified atom stereocenters. The summed E-state index contributed by atoms with van der Waals surface area (Å²) in [5.74, 6) is -0.0888. The van der Waals surface area contributed by atoms with E-state index in [9.17, 15) is 4.79 Å². The van der Waals surface area contributed by atoms with Gasteiger partial charge in [0.15, 0.2) is 0 Å². The number of carbonyl (C=O) groups is 1. The lowest BCUT2D eigenvalue weighted by Crippen LogP contribution is -2.30. The monoisotopic (exact) mass is 207 g/mol. The standard InChI is InChI=1S/C11H17N3O/c1-4-13-10-5-6-12-7-9(10)11(15)14-8(2)3/h5-8H,4H2,1-3H3,(H,12,13)(H,14,15). The van der Waals surface area contributed by atoms with E-state index in [0.29, 0.717) is 5.56 Å². The lowest BCUT2D eigenvalue weighted by molar-refractivity contribution is 0.0943. The van der Waals surface area contributed by atoms with Gasteiger partial charge in [0.2, 0.25) is 0 Å². The molecule has 0 fully saturated rings. The van der Waals surface area contributed by atoms with Crippen molar-refractivity contribution in [2.24, 2.45) is 0 Å². The van der Waals surface area contributed by atoms with E-state index < -0.39 is 0 Å². The van der Waals surface area contributed by atoms with Crippen LogP contribution in [0.2, 0.25) is 0 Å². The fraction of sp³-hybridized carbons (Fsp3) is 0.455. The lowest BCUT2D eigenvalue weighted by Gasteiger charge is -2.12. The summed E-state index contributed by atoms with van der Waals surface area (Å²) in [7, 11) is 0. The fourth-order valence-electron chi connectivity index (χ4n) is 1.26. The summed E-state index contributed by atoms with van der Waals surface area (Å²) in [6.45, 7) is 6.64. The molecule has 0 aliphatic carbocycles. The van der Waals surface area contributed by atoms with Crippen molar-refractivity contribution in [2.45, 2.75) is 26.8 Å². The van der Waals surface area contributed by atoms with Crippen molar-refractivity contribution in [3.63, 3.8) is 0 Å². The Labute approximate surface area is 90.1 Å². The SMILES string of the molecule is CCNc1ccncc1C(=O)NC(C)C. The van der Waals surface area contributed by atoms with E-state index in [1.165, 1.54) is 0 Å². The number of hydrogen-bond acceptors (Lipinski definition) is 3. The van der Waals surface area contributed by atoms with E-state index in [0.717, 1.165) is 12.2 Å². The molecule has 4 nitrogen and oxygen atoms in total. The minimum Gasteiger partial charge on any atom is -0.385 e. The average Bonchev–Trinajstić information content (AvgIpc) is 2.18. The molecule has 1 amide bonds. The molecular weight excluding hydrogens is 190 g/mol. The van der Waals surface area contributed by atoms with Gasteiger partial charge in [-0.25, -0.2) is 0 Å². The van der Waals surface area contributed by atoms with Gasteiger partial charge in [0, 0.05) is 25.0 Å². The highest BCUT2D eigenvalue weighted by Gasteiger charge is 2.11. The minimum absolute atomic E-state index is 0.0888. The second kappa shape index (κ2) is 5.34. The van der Waals surface area contributed by atoms with Gasteiger partial charge in [0.1, 0.15) is 0 Å². The Kier molecular flexibility index (Phi) is 4.09. The Hall–Kier alpha value is -1.58. The maximum atomic E-state index is 11.8. The Balaban J connectivity index is 2.87. The molecule has 0 radical (unpaired) electrons. The third-order valence-corrected chi connectivity index (χ3v) is 1.85. The number of amides is 1. The molecule has 1 heterocycles. The van der Waals surface area contributed by atoms with Gasteiger partial charge in [-0.2, -0.15) is 0 Å². The molecule has 0 spiro atoms. The first kappa shape index (κ1) is 11.5. The van der Waals surface area contributed by atoms with Crippen molar-refractivity contribution in [2.75, 3.05) is 11.9 Å². The van der Waals surface area contributed by atoms with Crippen molar-refractivity contribution in [3.8, 4) is 0 Å². The van der Waals surface area contributed by atoms with E-state index in [-0.39, 0.29) is 11.9 Å². The van der Waals surface area contributed by atoms with Crippen molar-refractivity contribution in [1.29, 1.82) is 0 Å². The molecule has 0 aliphatic heterocycles. The van der Waals surface area contributed by atoms with Crippen LogP contribution < -0.4 is 10.6 Å². The summed E-state index contributed by atoms with van der Waals surface area (Å²) < 4.78 is 0. The Morgan fingerprint density at radius 2 is 2.27 bits per heavy atom. The zero-order valence-electron chi connectivity index (χ0n) is 9.37. The molecule has 1 aromatic heterocycles. The summed E-state index contributed by atoms with van der Waals surface area (Å²) in [5.41, 5.74) is 1.42. The average molecular weight is 207 g/mol. The third kappa shape index (κ3) is 3.23. The van der Waals surface area contributed by atoms with Gasteiger partial charge in [-0.1, -0.05) is 0 Å². The first-order valence-electron chi connectivity index (χ1n) is 5.14. The molecule has 1 aromatic rings. The van der Waals surface area contributed by atoms with Gasteiger partial charge in [0.05, 0.1) is 11.3 Å².